The van der Waals surface area contributed by atoms with E-state index in [-0.39, 0.29) is 30.2 Å². The average molecular weight is 445 g/mol. The Morgan fingerprint density at radius 3 is 2.71 bits per heavy atom. The van der Waals surface area contributed by atoms with Gasteiger partial charge in [0.05, 0.1) is 25.3 Å². The first-order chi connectivity index (χ1) is 14.8. The molecule has 0 spiro atoms. The van der Waals surface area contributed by atoms with Crippen LogP contribution in [0.1, 0.15) is 26.3 Å². The van der Waals surface area contributed by atoms with E-state index in [4.69, 9.17) is 4.74 Å². The number of rotatable bonds is 7. The third-order valence-electron chi connectivity index (χ3n) is 5.96. The molecule has 9 heteroatoms. The van der Waals surface area contributed by atoms with Gasteiger partial charge in [-0.15, -0.1) is 11.8 Å². The fourth-order valence-corrected chi connectivity index (χ4v) is 5.96. The van der Waals surface area contributed by atoms with Crippen molar-refractivity contribution in [3.05, 3.63) is 35.9 Å². The van der Waals surface area contributed by atoms with Gasteiger partial charge in [-0.2, -0.15) is 0 Å². The molecule has 0 unspecified atom stereocenters. The first kappa shape index (κ1) is 21.7. The van der Waals surface area contributed by atoms with Crippen molar-refractivity contribution in [2.45, 2.75) is 49.4 Å². The van der Waals surface area contributed by atoms with E-state index in [0.29, 0.717) is 6.54 Å². The fourth-order valence-electron chi connectivity index (χ4n) is 4.34. The highest BCUT2D eigenvalue weighted by molar-refractivity contribution is 8.01. The molecule has 0 aliphatic carbocycles. The Kier molecular flexibility index (Phi) is 5.96. The normalized spacial score (nSPS) is 26.2. The van der Waals surface area contributed by atoms with Crippen LogP contribution in [-0.4, -0.2) is 81.9 Å². The van der Waals surface area contributed by atoms with Gasteiger partial charge in [0.15, 0.2) is 0 Å². The highest BCUT2D eigenvalue weighted by atomic mass is 32.2. The lowest BCUT2D eigenvalue weighted by Gasteiger charge is -2.44. The first-order valence-corrected chi connectivity index (χ1v) is 11.4. The predicted molar refractivity (Wildman–Crippen MR) is 119 cm³/mol. The Hall–Kier alpha value is -2.55. The number of nitrogens with zero attached hydrogens (tertiary/aromatic N) is 3. The molecule has 3 aliphatic heterocycles. The van der Waals surface area contributed by atoms with Gasteiger partial charge in [0.25, 0.3) is 0 Å². The number of carbonyl (C=O) groups excluding carboxylic acids is 3. The number of carbonyl (C=O) groups is 3. The van der Waals surface area contributed by atoms with Crippen LogP contribution in [0.5, 0.6) is 0 Å². The molecule has 8 nitrogen and oxygen atoms in total. The molecule has 0 saturated carbocycles. The maximum absolute atomic E-state index is 12.9. The summed E-state index contributed by atoms with van der Waals surface area (Å²) in [6, 6.07) is 8.13. The number of benzene rings is 1. The minimum absolute atomic E-state index is 0.198. The topological polar surface area (TPSA) is 91.3 Å². The number of nitrogens with one attached hydrogen (secondary N) is 1. The van der Waals surface area contributed by atoms with Crippen LogP contribution in [0.2, 0.25) is 0 Å². The van der Waals surface area contributed by atoms with Crippen LogP contribution in [-0.2, 0) is 25.5 Å². The van der Waals surface area contributed by atoms with Gasteiger partial charge < -0.3 is 19.9 Å². The van der Waals surface area contributed by atoms with E-state index in [9.17, 15) is 14.4 Å². The molecular formula is C22H28N4O4S. The van der Waals surface area contributed by atoms with E-state index in [1.54, 1.807) is 4.90 Å². The lowest BCUT2D eigenvalue weighted by atomic mass is 9.96. The third-order valence-corrected chi connectivity index (χ3v) is 7.53. The predicted octanol–water partition coefficient (Wildman–Crippen LogP) is 1.05. The second-order valence-electron chi connectivity index (χ2n) is 8.55. The zero-order valence-electron chi connectivity index (χ0n) is 18.0. The van der Waals surface area contributed by atoms with Gasteiger partial charge in [0.1, 0.15) is 24.1 Å². The largest absolute Gasteiger partial charge is 0.462 e. The number of aliphatic imine (C=N–C) groups is 1. The van der Waals surface area contributed by atoms with E-state index < -0.39 is 22.8 Å². The number of hydrogen-bond acceptors (Lipinski definition) is 7. The van der Waals surface area contributed by atoms with E-state index in [0.717, 1.165) is 24.5 Å². The van der Waals surface area contributed by atoms with Gasteiger partial charge in [-0.25, -0.2) is 4.79 Å². The van der Waals surface area contributed by atoms with Gasteiger partial charge in [-0.1, -0.05) is 30.3 Å². The van der Waals surface area contributed by atoms with Gasteiger partial charge >= 0.3 is 5.97 Å². The number of ether oxygens (including phenoxy) is 1. The molecule has 4 rings (SSSR count). The molecule has 0 aromatic heterocycles. The van der Waals surface area contributed by atoms with Crippen LogP contribution in [0.3, 0.4) is 0 Å². The molecular weight excluding hydrogens is 416 g/mol. The van der Waals surface area contributed by atoms with Crippen LogP contribution >= 0.6 is 11.8 Å². The zero-order chi connectivity index (χ0) is 22.2. The average Bonchev–Trinajstić information content (AvgIpc) is 3.25. The molecule has 3 aliphatic rings. The lowest BCUT2D eigenvalue weighted by Crippen LogP contribution is -2.70. The van der Waals surface area contributed by atoms with E-state index in [1.807, 2.05) is 51.1 Å². The summed E-state index contributed by atoms with van der Waals surface area (Å²) in [5.41, 5.74) is 0.891. The summed E-state index contributed by atoms with van der Waals surface area (Å²) in [4.78, 5) is 46.1. The molecule has 2 saturated heterocycles. The number of hydrogen-bond donors (Lipinski definition) is 1. The molecule has 1 aromatic rings. The summed E-state index contributed by atoms with van der Waals surface area (Å²) >= 11 is 1.53. The van der Waals surface area contributed by atoms with Crippen molar-refractivity contribution in [1.82, 2.24) is 15.1 Å². The van der Waals surface area contributed by atoms with Gasteiger partial charge in [-0.3, -0.25) is 14.6 Å². The van der Waals surface area contributed by atoms with Crippen molar-refractivity contribution in [2.24, 2.45) is 4.99 Å². The summed E-state index contributed by atoms with van der Waals surface area (Å²) < 4.78 is 5.04. The summed E-state index contributed by atoms with van der Waals surface area (Å²) in [6.45, 7) is 8.29. The minimum atomic E-state index is -0.661. The minimum Gasteiger partial charge on any atom is -0.462 e. The van der Waals surface area contributed by atoms with Crippen molar-refractivity contribution >= 4 is 35.4 Å². The molecule has 31 heavy (non-hydrogen) atoms. The monoisotopic (exact) mass is 444 g/mol. The third kappa shape index (κ3) is 4.28. The molecule has 0 radical (unpaired) electrons. The van der Waals surface area contributed by atoms with E-state index >= 15 is 0 Å². The molecule has 3 atom stereocenters. The van der Waals surface area contributed by atoms with Crippen LogP contribution < -0.4 is 5.32 Å². The summed E-state index contributed by atoms with van der Waals surface area (Å²) in [7, 11) is 0. The summed E-state index contributed by atoms with van der Waals surface area (Å²) in [6.07, 6.45) is 0.218. The van der Waals surface area contributed by atoms with Gasteiger partial charge in [-0.05, 0) is 26.3 Å². The molecule has 2 amide bonds. The fraction of sp³-hybridized carbons (Fsp3) is 0.545. The summed E-state index contributed by atoms with van der Waals surface area (Å²) in [5, 5.41) is 2.59. The molecule has 1 N–H and O–H groups in total. The second kappa shape index (κ2) is 8.53. The SMILES string of the molecule is CC1=NCCN1CCOC(=O)[C@@H]1N2C(=O)[C@@H](NC(=O)Cc3ccccc3)[C@H]2SC1(C)C. The Labute approximate surface area is 186 Å². The van der Waals surface area contributed by atoms with Crippen LogP contribution in [0.15, 0.2) is 35.3 Å². The van der Waals surface area contributed by atoms with Crippen molar-refractivity contribution < 1.29 is 19.1 Å². The number of thioether (sulfide) groups is 1. The molecule has 166 valence electrons. The van der Waals surface area contributed by atoms with Crippen LogP contribution in [0.4, 0.5) is 0 Å². The van der Waals surface area contributed by atoms with Crippen molar-refractivity contribution in [3.63, 3.8) is 0 Å². The highest BCUT2D eigenvalue weighted by Gasteiger charge is 2.64. The van der Waals surface area contributed by atoms with Gasteiger partial charge in [0.2, 0.25) is 11.8 Å². The van der Waals surface area contributed by atoms with Crippen molar-refractivity contribution in [1.29, 1.82) is 0 Å². The Balaban J connectivity index is 1.33. The first-order valence-electron chi connectivity index (χ1n) is 10.5. The Morgan fingerprint density at radius 2 is 2.03 bits per heavy atom. The Bertz CT molecular complexity index is 904. The number of esters is 1. The van der Waals surface area contributed by atoms with Crippen molar-refractivity contribution in [2.75, 3.05) is 26.2 Å². The molecule has 0 bridgehead atoms. The van der Waals surface area contributed by atoms with Crippen LogP contribution in [0, 0.1) is 0 Å². The number of amidine groups is 1. The number of β-lactam (4-membered cyclic amide) rings is 1. The number of amides is 2. The maximum Gasteiger partial charge on any atom is 0.330 e. The molecule has 2 fully saturated rings. The lowest BCUT2D eigenvalue weighted by molar-refractivity contribution is -0.164. The quantitative estimate of drug-likeness (QED) is 0.499. The standard InChI is InChI=1S/C22H28N4O4S/c1-14-23-9-10-25(14)11-12-30-21(29)18-22(2,3)31-20-17(19(28)26(18)20)24-16(27)13-15-7-5-4-6-8-15/h4-8,17-18,20H,9-13H2,1-3H3,(H,24,27)/t17-,18+,20-/m1/s1. The van der Waals surface area contributed by atoms with Crippen molar-refractivity contribution in [3.8, 4) is 0 Å². The highest BCUT2D eigenvalue weighted by Crippen LogP contribution is 2.51. The van der Waals surface area contributed by atoms with Crippen LogP contribution in [0.25, 0.3) is 0 Å². The Morgan fingerprint density at radius 1 is 1.29 bits per heavy atom. The zero-order valence-corrected chi connectivity index (χ0v) is 18.9. The van der Waals surface area contributed by atoms with E-state index in [1.165, 1.54) is 11.8 Å². The summed E-state index contributed by atoms with van der Waals surface area (Å²) in [5.74, 6) is 0.140. The molecule has 3 heterocycles. The van der Waals surface area contributed by atoms with Gasteiger partial charge in [0, 0.05) is 11.3 Å². The number of fused-ring (bicyclic) bond motifs is 1. The maximum atomic E-state index is 12.9. The molecule has 1 aromatic carbocycles. The second-order valence-corrected chi connectivity index (χ2v) is 10.3. The van der Waals surface area contributed by atoms with E-state index in [2.05, 4.69) is 15.2 Å². The smallest absolute Gasteiger partial charge is 0.330 e.